The Morgan fingerprint density at radius 2 is 2.05 bits per heavy atom. The Morgan fingerprint density at radius 1 is 1.36 bits per heavy atom. The van der Waals surface area contributed by atoms with Gasteiger partial charge in [0.15, 0.2) is 6.10 Å². The molecule has 3 N–H and O–H groups in total. The highest BCUT2D eigenvalue weighted by molar-refractivity contribution is 5.81. The Hall–Kier alpha value is -2.55. The van der Waals surface area contributed by atoms with Gasteiger partial charge in [-0.25, -0.2) is 0 Å². The van der Waals surface area contributed by atoms with E-state index in [9.17, 15) is 9.59 Å². The van der Waals surface area contributed by atoms with Crippen molar-refractivity contribution in [2.75, 3.05) is 6.54 Å². The van der Waals surface area contributed by atoms with Crippen LogP contribution in [-0.2, 0) is 9.59 Å². The highest BCUT2D eigenvalue weighted by Gasteiger charge is 2.24. The smallest absolute Gasteiger partial charge is 0.261 e. The van der Waals surface area contributed by atoms with Crippen molar-refractivity contribution in [3.63, 3.8) is 0 Å². The van der Waals surface area contributed by atoms with Gasteiger partial charge < -0.3 is 15.8 Å². The third kappa shape index (κ3) is 5.44. The predicted molar refractivity (Wildman–Crippen MR) is 81.8 cm³/mol. The summed E-state index contributed by atoms with van der Waals surface area (Å²) in [6.45, 7) is 4.08. The van der Waals surface area contributed by atoms with Crippen LogP contribution in [-0.4, -0.2) is 24.5 Å². The number of carbonyl (C=O) groups is 2. The first-order valence-electron chi connectivity index (χ1n) is 7.17. The lowest BCUT2D eigenvalue weighted by Gasteiger charge is -2.22. The zero-order valence-corrected chi connectivity index (χ0v) is 12.8. The molecule has 22 heavy (non-hydrogen) atoms. The number of rotatable bonds is 8. The van der Waals surface area contributed by atoms with Crippen molar-refractivity contribution in [3.05, 3.63) is 29.8 Å². The number of benzene rings is 1. The average Bonchev–Trinajstić information content (AvgIpc) is 2.48. The van der Waals surface area contributed by atoms with E-state index in [0.717, 1.165) is 0 Å². The van der Waals surface area contributed by atoms with Crippen LogP contribution >= 0.6 is 0 Å². The summed E-state index contributed by atoms with van der Waals surface area (Å²) in [6.07, 6.45) is 0.00823. The van der Waals surface area contributed by atoms with Gasteiger partial charge in [0.2, 0.25) is 5.91 Å². The van der Waals surface area contributed by atoms with Crippen molar-refractivity contribution in [2.24, 2.45) is 11.7 Å². The minimum Gasteiger partial charge on any atom is -0.479 e. The molecule has 1 aromatic rings. The number of nitrogens with one attached hydrogen (secondary N) is 1. The van der Waals surface area contributed by atoms with Gasteiger partial charge in [-0.15, -0.1) is 0 Å². The molecule has 0 radical (unpaired) electrons. The van der Waals surface area contributed by atoms with Crippen molar-refractivity contribution >= 4 is 11.8 Å². The zero-order chi connectivity index (χ0) is 16.5. The van der Waals surface area contributed by atoms with Crippen LogP contribution in [0.1, 0.15) is 32.3 Å². The molecule has 0 heterocycles. The maximum Gasteiger partial charge on any atom is 0.261 e. The molecule has 0 fully saturated rings. The van der Waals surface area contributed by atoms with Gasteiger partial charge in [-0.1, -0.05) is 26.0 Å². The molecule has 1 aromatic carbocycles. The summed E-state index contributed by atoms with van der Waals surface area (Å²) in [5.41, 5.74) is 5.43. The number of hydrogen-bond donors (Lipinski definition) is 2. The fraction of sp³-hybridized carbons (Fsp3) is 0.438. The fourth-order valence-corrected chi connectivity index (χ4v) is 1.87. The van der Waals surface area contributed by atoms with Crippen molar-refractivity contribution < 1.29 is 14.3 Å². The summed E-state index contributed by atoms with van der Waals surface area (Å²) in [6, 6.07) is 8.82. The minimum absolute atomic E-state index is 0.0668. The molecule has 0 aromatic heterocycles. The lowest BCUT2D eigenvalue weighted by atomic mass is 10.1. The molecule has 6 heteroatoms. The molecule has 0 aliphatic carbocycles. The van der Waals surface area contributed by atoms with E-state index in [4.69, 9.17) is 15.7 Å². The second kappa shape index (κ2) is 8.67. The monoisotopic (exact) mass is 303 g/mol. The number of ether oxygens (including phenoxy) is 1. The molecule has 0 saturated carbocycles. The molecule has 118 valence electrons. The second-order valence-electron chi connectivity index (χ2n) is 5.25. The fourth-order valence-electron chi connectivity index (χ4n) is 1.87. The van der Waals surface area contributed by atoms with Crippen LogP contribution in [0.4, 0.5) is 0 Å². The molecular formula is C16H21N3O3. The van der Waals surface area contributed by atoms with Gasteiger partial charge in [0, 0.05) is 13.0 Å². The molecule has 1 atom stereocenters. The summed E-state index contributed by atoms with van der Waals surface area (Å²) in [4.78, 5) is 22.9. The van der Waals surface area contributed by atoms with Crippen molar-refractivity contribution in [2.45, 2.75) is 32.8 Å². The van der Waals surface area contributed by atoms with Gasteiger partial charge in [0.25, 0.3) is 5.91 Å². The largest absolute Gasteiger partial charge is 0.479 e. The first kappa shape index (κ1) is 17.5. The summed E-state index contributed by atoms with van der Waals surface area (Å²) in [7, 11) is 0. The lowest BCUT2D eigenvalue weighted by molar-refractivity contribution is -0.130. The SMILES string of the molecule is CC(C)C(Oc1ccccc1C#N)C(=O)NCCCC(N)=O. The molecule has 6 nitrogen and oxygen atoms in total. The van der Waals surface area contributed by atoms with E-state index >= 15 is 0 Å². The van der Waals surface area contributed by atoms with E-state index in [1.807, 2.05) is 19.9 Å². The molecule has 0 aliphatic rings. The maximum absolute atomic E-state index is 12.2. The number of carbonyl (C=O) groups excluding carboxylic acids is 2. The molecule has 0 bridgehead atoms. The first-order valence-corrected chi connectivity index (χ1v) is 7.17. The molecule has 0 spiro atoms. The Balaban J connectivity index is 2.67. The molecule has 1 rings (SSSR count). The number of para-hydroxylation sites is 1. The Kier molecular flexibility index (Phi) is 6.90. The van der Waals surface area contributed by atoms with Crippen LogP contribution in [0.15, 0.2) is 24.3 Å². The highest BCUT2D eigenvalue weighted by atomic mass is 16.5. The third-order valence-electron chi connectivity index (χ3n) is 3.02. The molecule has 0 aliphatic heterocycles. The molecule has 2 amide bonds. The topological polar surface area (TPSA) is 105 Å². The van der Waals surface area contributed by atoms with Gasteiger partial charge in [-0.3, -0.25) is 9.59 Å². The number of nitriles is 1. The Bertz CT molecular complexity index is 564. The van der Waals surface area contributed by atoms with Crippen molar-refractivity contribution in [3.8, 4) is 11.8 Å². The van der Waals surface area contributed by atoms with Crippen LogP contribution in [0.3, 0.4) is 0 Å². The lowest BCUT2D eigenvalue weighted by Crippen LogP contribution is -2.42. The van der Waals surface area contributed by atoms with Gasteiger partial charge in [-0.05, 0) is 24.5 Å². The van der Waals surface area contributed by atoms with Crippen LogP contribution in [0, 0.1) is 17.2 Å². The van der Waals surface area contributed by atoms with E-state index in [1.165, 1.54) is 0 Å². The van der Waals surface area contributed by atoms with Crippen molar-refractivity contribution in [1.82, 2.24) is 5.32 Å². The van der Waals surface area contributed by atoms with E-state index in [2.05, 4.69) is 5.32 Å². The minimum atomic E-state index is -0.705. The number of hydrogen-bond acceptors (Lipinski definition) is 4. The highest BCUT2D eigenvalue weighted by Crippen LogP contribution is 2.20. The summed E-state index contributed by atoms with van der Waals surface area (Å²) in [5, 5.41) is 11.8. The number of amides is 2. The van der Waals surface area contributed by atoms with Gasteiger partial charge in [0.1, 0.15) is 11.8 Å². The van der Waals surface area contributed by atoms with Crippen LogP contribution < -0.4 is 15.8 Å². The Labute approximate surface area is 130 Å². The van der Waals surface area contributed by atoms with Gasteiger partial charge in [0.05, 0.1) is 5.56 Å². The molecular weight excluding hydrogens is 282 g/mol. The number of nitrogens with two attached hydrogens (primary N) is 1. The van der Waals surface area contributed by atoms with Crippen molar-refractivity contribution in [1.29, 1.82) is 5.26 Å². The second-order valence-corrected chi connectivity index (χ2v) is 5.25. The third-order valence-corrected chi connectivity index (χ3v) is 3.02. The normalized spacial score (nSPS) is 11.5. The zero-order valence-electron chi connectivity index (χ0n) is 12.8. The average molecular weight is 303 g/mol. The summed E-state index contributed by atoms with van der Waals surface area (Å²) >= 11 is 0. The summed E-state index contributed by atoms with van der Waals surface area (Å²) in [5.74, 6) is -0.347. The van der Waals surface area contributed by atoms with Crippen LogP contribution in [0.5, 0.6) is 5.75 Å². The number of nitrogens with zero attached hydrogens (tertiary/aromatic N) is 1. The number of primary amides is 1. The molecule has 0 saturated heterocycles. The predicted octanol–water partition coefficient (Wildman–Crippen LogP) is 1.34. The van der Waals surface area contributed by atoms with E-state index in [1.54, 1.807) is 24.3 Å². The maximum atomic E-state index is 12.2. The molecule has 1 unspecified atom stereocenters. The Morgan fingerprint density at radius 3 is 2.64 bits per heavy atom. The van der Waals surface area contributed by atoms with Crippen LogP contribution in [0.25, 0.3) is 0 Å². The summed E-state index contributed by atoms with van der Waals surface area (Å²) < 4.78 is 5.71. The first-order chi connectivity index (χ1) is 10.5. The van der Waals surface area contributed by atoms with Crippen LogP contribution in [0.2, 0.25) is 0 Å². The van der Waals surface area contributed by atoms with E-state index in [-0.39, 0.29) is 18.2 Å². The standard InChI is InChI=1S/C16H21N3O3/c1-11(2)15(16(21)19-9-5-8-14(18)20)22-13-7-4-3-6-12(13)10-17/h3-4,6-7,11,15H,5,8-9H2,1-2H3,(H2,18,20)(H,19,21). The van der Waals surface area contributed by atoms with E-state index in [0.29, 0.717) is 24.3 Å². The van der Waals surface area contributed by atoms with Gasteiger partial charge in [-0.2, -0.15) is 5.26 Å². The van der Waals surface area contributed by atoms with E-state index < -0.39 is 12.0 Å². The van der Waals surface area contributed by atoms with Gasteiger partial charge >= 0.3 is 0 Å². The quantitative estimate of drug-likeness (QED) is 0.707.